The van der Waals surface area contributed by atoms with Crippen LogP contribution in [-0.4, -0.2) is 19.2 Å². The van der Waals surface area contributed by atoms with Crippen LogP contribution in [0.25, 0.3) is 0 Å². The number of hydrogen-bond donors (Lipinski definition) is 0. The second-order valence-corrected chi connectivity index (χ2v) is 5.83. The number of esters is 1. The van der Waals surface area contributed by atoms with Gasteiger partial charge in [0.05, 0.1) is 6.61 Å². The van der Waals surface area contributed by atoms with Crippen molar-refractivity contribution in [2.45, 2.75) is 38.4 Å². The molecule has 1 aromatic carbocycles. The second kappa shape index (κ2) is 6.94. The van der Waals surface area contributed by atoms with Crippen molar-refractivity contribution in [1.82, 2.24) is 0 Å². The first-order chi connectivity index (χ1) is 8.90. The summed E-state index contributed by atoms with van der Waals surface area (Å²) in [5.74, 6) is 0.437. The van der Waals surface area contributed by atoms with Crippen LogP contribution < -0.4 is 4.74 Å². The molecule has 0 aliphatic rings. The third-order valence-corrected chi connectivity index (χ3v) is 3.29. The van der Waals surface area contributed by atoms with Gasteiger partial charge in [-0.2, -0.15) is 0 Å². The molecule has 0 amide bonds. The standard InChI is InChI=1S/C15H21BrO3/c1-5-18-13(17)10-19-14-11(9-16)7-6-8-12(14)15(2,3)4/h6-8H,5,9-10H2,1-4H3. The SMILES string of the molecule is CCOC(=O)COc1c(CBr)cccc1C(C)(C)C. The Bertz CT molecular complexity index is 436. The van der Waals surface area contributed by atoms with Crippen LogP contribution in [0.2, 0.25) is 0 Å². The highest BCUT2D eigenvalue weighted by Gasteiger charge is 2.21. The number of rotatable bonds is 5. The van der Waals surface area contributed by atoms with Gasteiger partial charge in [0.1, 0.15) is 5.75 Å². The normalized spacial score (nSPS) is 11.2. The van der Waals surface area contributed by atoms with Gasteiger partial charge in [0.15, 0.2) is 6.61 Å². The number of hydrogen-bond acceptors (Lipinski definition) is 3. The van der Waals surface area contributed by atoms with Crippen LogP contribution in [0.15, 0.2) is 18.2 Å². The lowest BCUT2D eigenvalue weighted by molar-refractivity contribution is -0.145. The second-order valence-electron chi connectivity index (χ2n) is 5.27. The Hall–Kier alpha value is -1.03. The van der Waals surface area contributed by atoms with E-state index in [2.05, 4.69) is 36.7 Å². The van der Waals surface area contributed by atoms with Gasteiger partial charge in [-0.15, -0.1) is 0 Å². The predicted octanol–water partition coefficient (Wildman–Crippen LogP) is 3.82. The molecule has 0 saturated carbocycles. The first kappa shape index (κ1) is 16.0. The van der Waals surface area contributed by atoms with Crippen LogP contribution in [0.4, 0.5) is 0 Å². The molecule has 0 bridgehead atoms. The fourth-order valence-corrected chi connectivity index (χ4v) is 2.23. The smallest absolute Gasteiger partial charge is 0.344 e. The summed E-state index contributed by atoms with van der Waals surface area (Å²) in [6.07, 6.45) is 0. The average Bonchev–Trinajstić information content (AvgIpc) is 2.35. The zero-order chi connectivity index (χ0) is 14.5. The molecule has 106 valence electrons. The Morgan fingerprint density at radius 1 is 1.32 bits per heavy atom. The molecule has 0 saturated heterocycles. The lowest BCUT2D eigenvalue weighted by Crippen LogP contribution is -2.19. The molecule has 0 heterocycles. The zero-order valence-electron chi connectivity index (χ0n) is 12.0. The van der Waals surface area contributed by atoms with E-state index in [0.717, 1.165) is 16.9 Å². The number of carbonyl (C=O) groups is 1. The highest BCUT2D eigenvalue weighted by atomic mass is 79.9. The summed E-state index contributed by atoms with van der Waals surface area (Å²) in [6.45, 7) is 8.47. The van der Waals surface area contributed by atoms with E-state index in [1.807, 2.05) is 18.2 Å². The molecule has 0 aliphatic carbocycles. The number of ether oxygens (including phenoxy) is 2. The summed E-state index contributed by atoms with van der Waals surface area (Å²) in [5.41, 5.74) is 2.09. The highest BCUT2D eigenvalue weighted by molar-refractivity contribution is 9.08. The fourth-order valence-electron chi connectivity index (χ4n) is 1.78. The van der Waals surface area contributed by atoms with E-state index < -0.39 is 0 Å². The van der Waals surface area contributed by atoms with Crippen molar-refractivity contribution in [2.75, 3.05) is 13.2 Å². The maximum atomic E-state index is 11.4. The summed E-state index contributed by atoms with van der Waals surface area (Å²) in [5, 5.41) is 0.690. The summed E-state index contributed by atoms with van der Waals surface area (Å²) >= 11 is 3.45. The minimum atomic E-state index is -0.341. The average molecular weight is 329 g/mol. The Balaban J connectivity index is 2.99. The quantitative estimate of drug-likeness (QED) is 0.608. The molecule has 0 aromatic heterocycles. The molecule has 1 rings (SSSR count). The molecule has 19 heavy (non-hydrogen) atoms. The van der Waals surface area contributed by atoms with Crippen molar-refractivity contribution in [3.05, 3.63) is 29.3 Å². The minimum Gasteiger partial charge on any atom is -0.481 e. The zero-order valence-corrected chi connectivity index (χ0v) is 13.5. The molecule has 4 heteroatoms. The first-order valence-electron chi connectivity index (χ1n) is 6.37. The van der Waals surface area contributed by atoms with E-state index in [4.69, 9.17) is 9.47 Å². The Morgan fingerprint density at radius 3 is 2.53 bits per heavy atom. The van der Waals surface area contributed by atoms with Crippen LogP contribution >= 0.6 is 15.9 Å². The van der Waals surface area contributed by atoms with E-state index >= 15 is 0 Å². The first-order valence-corrected chi connectivity index (χ1v) is 7.49. The summed E-state index contributed by atoms with van der Waals surface area (Å²) in [7, 11) is 0. The fraction of sp³-hybridized carbons (Fsp3) is 0.533. The van der Waals surface area contributed by atoms with Crippen molar-refractivity contribution < 1.29 is 14.3 Å². The van der Waals surface area contributed by atoms with E-state index in [-0.39, 0.29) is 18.0 Å². The van der Waals surface area contributed by atoms with Gasteiger partial charge in [0.25, 0.3) is 0 Å². The molecular formula is C15H21BrO3. The van der Waals surface area contributed by atoms with Crippen LogP contribution in [0.3, 0.4) is 0 Å². The van der Waals surface area contributed by atoms with Crippen molar-refractivity contribution in [3.63, 3.8) is 0 Å². The molecule has 0 radical (unpaired) electrons. The van der Waals surface area contributed by atoms with Gasteiger partial charge in [-0.3, -0.25) is 0 Å². The predicted molar refractivity (Wildman–Crippen MR) is 79.9 cm³/mol. The molecule has 0 spiro atoms. The maximum Gasteiger partial charge on any atom is 0.344 e. The van der Waals surface area contributed by atoms with Gasteiger partial charge in [-0.25, -0.2) is 4.79 Å². The van der Waals surface area contributed by atoms with Gasteiger partial charge in [-0.05, 0) is 17.9 Å². The summed E-state index contributed by atoms with van der Waals surface area (Å²) < 4.78 is 10.6. The minimum absolute atomic E-state index is 0.0395. The molecule has 1 aromatic rings. The summed E-state index contributed by atoms with van der Waals surface area (Å²) in [4.78, 5) is 11.4. The van der Waals surface area contributed by atoms with Crippen molar-refractivity contribution in [3.8, 4) is 5.75 Å². The highest BCUT2D eigenvalue weighted by Crippen LogP contribution is 2.35. The van der Waals surface area contributed by atoms with Gasteiger partial charge < -0.3 is 9.47 Å². The van der Waals surface area contributed by atoms with Crippen LogP contribution in [0, 0.1) is 0 Å². The topological polar surface area (TPSA) is 35.5 Å². The molecule has 0 aliphatic heterocycles. The number of carbonyl (C=O) groups excluding carboxylic acids is 1. The third-order valence-electron chi connectivity index (χ3n) is 2.69. The Kier molecular flexibility index (Phi) is 5.85. The maximum absolute atomic E-state index is 11.4. The Morgan fingerprint density at radius 2 is 2.00 bits per heavy atom. The van der Waals surface area contributed by atoms with Gasteiger partial charge in [-0.1, -0.05) is 54.9 Å². The van der Waals surface area contributed by atoms with Crippen molar-refractivity contribution in [1.29, 1.82) is 0 Å². The molecule has 0 unspecified atom stereocenters. The van der Waals surface area contributed by atoms with E-state index in [0.29, 0.717) is 11.9 Å². The molecule has 3 nitrogen and oxygen atoms in total. The van der Waals surface area contributed by atoms with Crippen LogP contribution in [0.1, 0.15) is 38.8 Å². The van der Waals surface area contributed by atoms with Crippen LogP contribution in [-0.2, 0) is 20.3 Å². The van der Waals surface area contributed by atoms with E-state index in [1.54, 1.807) is 6.92 Å². The van der Waals surface area contributed by atoms with E-state index in [1.165, 1.54) is 0 Å². The van der Waals surface area contributed by atoms with Crippen LogP contribution in [0.5, 0.6) is 5.75 Å². The molecular weight excluding hydrogens is 308 g/mol. The lowest BCUT2D eigenvalue weighted by Gasteiger charge is -2.24. The largest absolute Gasteiger partial charge is 0.481 e. The number of para-hydroxylation sites is 1. The number of benzene rings is 1. The Labute approximate surface area is 123 Å². The molecule has 0 fully saturated rings. The van der Waals surface area contributed by atoms with E-state index in [9.17, 15) is 4.79 Å². The van der Waals surface area contributed by atoms with Gasteiger partial charge in [0, 0.05) is 10.9 Å². The lowest BCUT2D eigenvalue weighted by atomic mass is 9.85. The van der Waals surface area contributed by atoms with Crippen molar-refractivity contribution >= 4 is 21.9 Å². The van der Waals surface area contributed by atoms with Gasteiger partial charge in [0.2, 0.25) is 0 Å². The molecule has 0 atom stereocenters. The van der Waals surface area contributed by atoms with Gasteiger partial charge >= 0.3 is 5.97 Å². The van der Waals surface area contributed by atoms with Crippen molar-refractivity contribution in [2.24, 2.45) is 0 Å². The summed E-state index contributed by atoms with van der Waals surface area (Å²) in [6, 6.07) is 6.03. The number of halogens is 1. The third kappa shape index (κ3) is 4.53. The molecule has 0 N–H and O–H groups in total. The monoisotopic (exact) mass is 328 g/mol. The number of alkyl halides is 1.